The quantitative estimate of drug-likeness (QED) is 0.731. The highest BCUT2D eigenvalue weighted by Crippen LogP contribution is 2.28. The van der Waals surface area contributed by atoms with E-state index in [4.69, 9.17) is 8.83 Å². The van der Waals surface area contributed by atoms with Crippen molar-refractivity contribution in [2.24, 2.45) is 0 Å². The number of nitrogens with zero attached hydrogens (tertiary/aromatic N) is 3. The second-order valence-electron chi connectivity index (χ2n) is 6.78. The molecule has 1 amide bonds. The molecule has 8 heteroatoms. The maximum Gasteiger partial charge on any atom is 0.283 e. The summed E-state index contributed by atoms with van der Waals surface area (Å²) in [6, 6.07) is 5.80. The van der Waals surface area contributed by atoms with Crippen molar-refractivity contribution in [2.45, 2.75) is 51.1 Å². The van der Waals surface area contributed by atoms with Crippen molar-refractivity contribution in [2.75, 3.05) is 13.1 Å². The Morgan fingerprint density at radius 3 is 2.88 bits per heavy atom. The van der Waals surface area contributed by atoms with Crippen molar-refractivity contribution in [3.8, 4) is 17.7 Å². The predicted octanol–water partition coefficient (Wildman–Crippen LogP) is 1.08. The van der Waals surface area contributed by atoms with Crippen LogP contribution in [0.15, 0.2) is 27.2 Å². The van der Waals surface area contributed by atoms with E-state index in [1.165, 1.54) is 0 Å². The fourth-order valence-electron chi connectivity index (χ4n) is 3.41. The molecule has 2 N–H and O–H groups in total. The molecule has 2 aromatic rings. The van der Waals surface area contributed by atoms with Gasteiger partial charge in [0, 0.05) is 0 Å². The molecule has 1 fully saturated rings. The Bertz CT molecular complexity index is 756. The zero-order valence-corrected chi connectivity index (χ0v) is 15.0. The number of furan rings is 1. The van der Waals surface area contributed by atoms with Crippen molar-refractivity contribution in [3.05, 3.63) is 24.3 Å². The lowest BCUT2D eigenvalue weighted by molar-refractivity contribution is -0.907. The molecule has 1 saturated carbocycles. The zero-order valence-electron chi connectivity index (χ0n) is 15.0. The first kappa shape index (κ1) is 18.1. The maximum atomic E-state index is 12.5. The molecule has 2 heterocycles. The molecule has 8 nitrogen and oxygen atoms in total. The molecule has 1 unspecified atom stereocenters. The van der Waals surface area contributed by atoms with Crippen LogP contribution in [0.3, 0.4) is 0 Å². The topological polar surface area (TPSA) is 109 Å². The number of nitrogens with one attached hydrogen (secondary N) is 2. The molecule has 0 radical (unpaired) electrons. The molecule has 0 aromatic carbocycles. The minimum absolute atomic E-state index is 0.109. The van der Waals surface area contributed by atoms with Gasteiger partial charge in [0.2, 0.25) is 0 Å². The van der Waals surface area contributed by atoms with Gasteiger partial charge in [0.1, 0.15) is 5.54 Å². The number of amides is 1. The molecule has 0 bridgehead atoms. The van der Waals surface area contributed by atoms with E-state index in [-0.39, 0.29) is 12.5 Å². The minimum atomic E-state index is -0.689. The van der Waals surface area contributed by atoms with Crippen molar-refractivity contribution in [1.82, 2.24) is 15.5 Å². The van der Waals surface area contributed by atoms with Crippen LogP contribution < -0.4 is 10.2 Å². The standard InChI is InChI=1S/C18H23N5O3/c1-2-9-23(11-15(24)20-18(13-19)7-3-4-8-18)12-16-21-22-17(26-16)14-6-5-10-25-14/h5-6,10H,2-4,7-9,11-12H2,1H3,(H,20,24)/p+1. The van der Waals surface area contributed by atoms with Crippen LogP contribution in [0.5, 0.6) is 0 Å². The van der Waals surface area contributed by atoms with E-state index < -0.39 is 5.54 Å². The lowest BCUT2D eigenvalue weighted by Gasteiger charge is -2.23. The monoisotopic (exact) mass is 358 g/mol. The van der Waals surface area contributed by atoms with Crippen molar-refractivity contribution < 1.29 is 18.5 Å². The molecule has 0 saturated heterocycles. The Hall–Kier alpha value is -2.66. The van der Waals surface area contributed by atoms with Gasteiger partial charge in [-0.15, -0.1) is 10.2 Å². The van der Waals surface area contributed by atoms with Crippen molar-refractivity contribution in [3.63, 3.8) is 0 Å². The number of carbonyl (C=O) groups is 1. The van der Waals surface area contributed by atoms with E-state index in [1.54, 1.807) is 18.4 Å². The first-order valence-electron chi connectivity index (χ1n) is 9.06. The predicted molar refractivity (Wildman–Crippen MR) is 91.6 cm³/mol. The number of aromatic nitrogens is 2. The molecule has 1 atom stereocenters. The lowest BCUT2D eigenvalue weighted by atomic mass is 10.00. The molecule has 26 heavy (non-hydrogen) atoms. The fraction of sp³-hybridized carbons (Fsp3) is 0.556. The smallest absolute Gasteiger partial charge is 0.283 e. The van der Waals surface area contributed by atoms with E-state index in [2.05, 4.69) is 28.5 Å². The van der Waals surface area contributed by atoms with E-state index in [9.17, 15) is 10.1 Å². The average molecular weight is 358 g/mol. The van der Waals surface area contributed by atoms with Crippen LogP contribution in [0, 0.1) is 11.3 Å². The second-order valence-corrected chi connectivity index (χ2v) is 6.78. The van der Waals surface area contributed by atoms with E-state index in [1.807, 2.05) is 0 Å². The summed E-state index contributed by atoms with van der Waals surface area (Å²) in [4.78, 5) is 13.5. The third-order valence-electron chi connectivity index (χ3n) is 4.66. The average Bonchev–Trinajstić information content (AvgIpc) is 3.36. The van der Waals surface area contributed by atoms with Gasteiger partial charge in [0.05, 0.1) is 18.9 Å². The van der Waals surface area contributed by atoms with Gasteiger partial charge < -0.3 is 19.1 Å². The van der Waals surface area contributed by atoms with Gasteiger partial charge in [-0.1, -0.05) is 6.92 Å². The Kier molecular flexibility index (Phi) is 5.68. The summed E-state index contributed by atoms with van der Waals surface area (Å²) in [5, 5.41) is 20.4. The van der Waals surface area contributed by atoms with Crippen LogP contribution in [0.4, 0.5) is 0 Å². The highest BCUT2D eigenvalue weighted by molar-refractivity contribution is 5.78. The number of hydrogen-bond acceptors (Lipinski definition) is 6. The Morgan fingerprint density at radius 1 is 1.42 bits per heavy atom. The summed E-state index contributed by atoms with van der Waals surface area (Å²) in [6.45, 7) is 3.59. The van der Waals surface area contributed by atoms with Gasteiger partial charge in [-0.3, -0.25) is 4.79 Å². The third-order valence-corrected chi connectivity index (χ3v) is 4.66. The van der Waals surface area contributed by atoms with Crippen LogP contribution in [0.2, 0.25) is 0 Å². The van der Waals surface area contributed by atoms with Gasteiger partial charge in [-0.2, -0.15) is 5.26 Å². The van der Waals surface area contributed by atoms with E-state index in [0.29, 0.717) is 24.1 Å². The Labute approximate surface area is 152 Å². The Morgan fingerprint density at radius 2 is 2.23 bits per heavy atom. The van der Waals surface area contributed by atoms with Gasteiger partial charge in [0.15, 0.2) is 18.8 Å². The molecule has 1 aliphatic rings. The van der Waals surface area contributed by atoms with Crippen LogP contribution in [-0.4, -0.2) is 34.7 Å². The molecule has 1 aliphatic carbocycles. The number of carbonyl (C=O) groups excluding carboxylic acids is 1. The zero-order chi connectivity index (χ0) is 18.4. The van der Waals surface area contributed by atoms with Gasteiger partial charge in [-0.25, -0.2) is 0 Å². The fourth-order valence-corrected chi connectivity index (χ4v) is 3.41. The molecular weight excluding hydrogens is 334 g/mol. The van der Waals surface area contributed by atoms with Crippen LogP contribution in [-0.2, 0) is 11.3 Å². The highest BCUT2D eigenvalue weighted by Gasteiger charge is 2.36. The highest BCUT2D eigenvalue weighted by atomic mass is 16.4. The minimum Gasteiger partial charge on any atom is -0.459 e. The third kappa shape index (κ3) is 4.29. The lowest BCUT2D eigenvalue weighted by Crippen LogP contribution is -3.12. The van der Waals surface area contributed by atoms with E-state index >= 15 is 0 Å². The van der Waals surface area contributed by atoms with E-state index in [0.717, 1.165) is 43.5 Å². The molecular formula is C18H24N5O3+. The van der Waals surface area contributed by atoms with Crippen LogP contribution >= 0.6 is 0 Å². The number of nitriles is 1. The molecule has 0 spiro atoms. The summed E-state index contributed by atoms with van der Waals surface area (Å²) in [5.41, 5.74) is -0.689. The maximum absolute atomic E-state index is 12.5. The largest absolute Gasteiger partial charge is 0.459 e. The second kappa shape index (κ2) is 8.15. The summed E-state index contributed by atoms with van der Waals surface area (Å²) in [5.74, 6) is 1.21. The number of hydrogen-bond donors (Lipinski definition) is 2. The first-order valence-corrected chi connectivity index (χ1v) is 9.06. The first-order chi connectivity index (χ1) is 12.6. The summed E-state index contributed by atoms with van der Waals surface area (Å²) < 4.78 is 10.9. The van der Waals surface area contributed by atoms with Crippen molar-refractivity contribution in [1.29, 1.82) is 5.26 Å². The molecule has 2 aromatic heterocycles. The summed E-state index contributed by atoms with van der Waals surface area (Å²) in [6.07, 6.45) is 5.90. The summed E-state index contributed by atoms with van der Waals surface area (Å²) >= 11 is 0. The number of quaternary nitrogens is 1. The van der Waals surface area contributed by atoms with Gasteiger partial charge >= 0.3 is 0 Å². The number of rotatable bonds is 8. The molecule has 0 aliphatic heterocycles. The SMILES string of the molecule is CCC[NH+](CC(=O)NC1(C#N)CCCC1)Cc1nnc(-c2ccco2)o1. The van der Waals surface area contributed by atoms with Crippen LogP contribution in [0.1, 0.15) is 44.9 Å². The van der Waals surface area contributed by atoms with Gasteiger partial charge in [-0.05, 0) is 44.2 Å². The Balaban J connectivity index is 1.60. The van der Waals surface area contributed by atoms with Crippen LogP contribution in [0.25, 0.3) is 11.7 Å². The molecule has 138 valence electrons. The normalized spacial score (nSPS) is 16.9. The molecule has 3 rings (SSSR count). The van der Waals surface area contributed by atoms with Crippen molar-refractivity contribution >= 4 is 5.91 Å². The van der Waals surface area contributed by atoms with Gasteiger partial charge in [0.25, 0.3) is 17.7 Å². The summed E-state index contributed by atoms with van der Waals surface area (Å²) in [7, 11) is 0.